The first-order chi connectivity index (χ1) is 46.9. The molecule has 96 heavy (non-hydrogen) atoms. The summed E-state index contributed by atoms with van der Waals surface area (Å²) in [5.74, 6) is 0. The van der Waals surface area contributed by atoms with Gasteiger partial charge in [0.15, 0.2) is 0 Å². The van der Waals surface area contributed by atoms with Crippen LogP contribution in [0.1, 0.15) is 65.3 Å². The molecule has 0 spiro atoms. The van der Waals surface area contributed by atoms with E-state index in [-0.39, 0.29) is 5.41 Å². The first-order valence-corrected chi connectivity index (χ1v) is 34.4. The third-order valence-electron chi connectivity index (χ3n) is 19.4. The lowest BCUT2D eigenvalue weighted by molar-refractivity contribution is 0.660. The SMILES string of the molecule is C/C=C/c1ccccc1.Cc1c2ccccc2c(-c2cccc3ccccc23)c2ccccc12.Cc1cc2cccc3ccc4cccc1c4c32.Cc1cc2ccccc2c2ccccc12.Cc1ccc2c(c1)C(C)(C)c1ccccc1-2.Cc1ccc2c(c1)sc1ccccc12. The number of thiophene rings is 1. The number of hydrogen-bond donors (Lipinski definition) is 0. The largest absolute Gasteiger partial charge is 0.135 e. The van der Waals surface area contributed by atoms with Crippen LogP contribution in [-0.4, -0.2) is 0 Å². The van der Waals surface area contributed by atoms with E-state index in [4.69, 9.17) is 0 Å². The molecule has 1 aliphatic rings. The lowest BCUT2D eigenvalue weighted by Gasteiger charge is -2.21. The molecule has 0 atom stereocenters. The fourth-order valence-corrected chi connectivity index (χ4v) is 15.9. The van der Waals surface area contributed by atoms with E-state index in [2.05, 4.69) is 352 Å². The van der Waals surface area contributed by atoms with Crippen LogP contribution in [0.3, 0.4) is 0 Å². The molecule has 1 heterocycles. The van der Waals surface area contributed by atoms with Crippen LogP contribution in [0.4, 0.5) is 0 Å². The molecule has 1 heteroatoms. The molecule has 0 unspecified atom stereocenters. The van der Waals surface area contributed by atoms with E-state index < -0.39 is 0 Å². The fraction of sp³-hybridized carbons (Fsp3) is 0.0947. The normalized spacial score (nSPS) is 12.0. The summed E-state index contributed by atoms with van der Waals surface area (Å²) in [5.41, 5.74) is 16.6. The lowest BCUT2D eigenvalue weighted by Crippen LogP contribution is -2.14. The van der Waals surface area contributed by atoms with Crippen molar-refractivity contribution in [2.75, 3.05) is 0 Å². The topological polar surface area (TPSA) is 0 Å². The minimum absolute atomic E-state index is 0.151. The Morgan fingerprint density at radius 3 is 1.48 bits per heavy atom. The molecular formula is C95H78S. The summed E-state index contributed by atoms with van der Waals surface area (Å²) in [7, 11) is 0. The van der Waals surface area contributed by atoms with E-state index in [9.17, 15) is 0 Å². The highest BCUT2D eigenvalue weighted by atomic mass is 32.1. The molecule has 0 fully saturated rings. The highest BCUT2D eigenvalue weighted by Crippen LogP contribution is 2.49. The summed E-state index contributed by atoms with van der Waals surface area (Å²) < 4.78 is 2.78. The van der Waals surface area contributed by atoms with E-state index in [1.54, 1.807) is 0 Å². The van der Waals surface area contributed by atoms with Crippen molar-refractivity contribution in [1.82, 2.24) is 0 Å². The Labute approximate surface area is 569 Å². The summed E-state index contributed by atoms with van der Waals surface area (Å²) in [5, 5.41) is 24.3. The van der Waals surface area contributed by atoms with Crippen LogP contribution in [0.2, 0.25) is 0 Å². The van der Waals surface area contributed by atoms with E-state index in [1.165, 1.54) is 173 Å². The van der Waals surface area contributed by atoms with Gasteiger partial charge in [-0.3, -0.25) is 0 Å². The smallest absolute Gasteiger partial charge is 0.0358 e. The summed E-state index contributed by atoms with van der Waals surface area (Å²) in [6.07, 6.45) is 4.12. The van der Waals surface area contributed by atoms with Gasteiger partial charge >= 0.3 is 0 Å². The van der Waals surface area contributed by atoms with Crippen LogP contribution >= 0.6 is 11.3 Å². The van der Waals surface area contributed by atoms with Gasteiger partial charge in [-0.2, -0.15) is 0 Å². The van der Waals surface area contributed by atoms with Crippen LogP contribution in [0.25, 0.3) is 135 Å². The molecule has 464 valence electrons. The maximum atomic E-state index is 2.33. The molecule has 0 bridgehead atoms. The average molecular weight is 1250 g/mol. The number of rotatable bonds is 2. The van der Waals surface area contributed by atoms with Crippen LogP contribution in [-0.2, 0) is 5.41 Å². The molecule has 0 nitrogen and oxygen atoms in total. The minimum Gasteiger partial charge on any atom is -0.135 e. The Kier molecular flexibility index (Phi) is 17.7. The minimum atomic E-state index is 0.151. The van der Waals surface area contributed by atoms with Gasteiger partial charge in [0.25, 0.3) is 0 Å². The number of benzene rings is 17. The Hall–Kier alpha value is -11.0. The molecule has 0 aliphatic heterocycles. The van der Waals surface area contributed by atoms with Crippen molar-refractivity contribution >= 4 is 124 Å². The Morgan fingerprint density at radius 2 is 0.750 bits per heavy atom. The number of aryl methyl sites for hydroxylation is 5. The Bertz CT molecular complexity index is 5820. The van der Waals surface area contributed by atoms with Gasteiger partial charge in [-0.05, 0) is 201 Å². The van der Waals surface area contributed by atoms with Crippen molar-refractivity contribution in [1.29, 1.82) is 0 Å². The maximum Gasteiger partial charge on any atom is 0.0358 e. The average Bonchev–Trinajstić information content (AvgIpc) is 0.994. The molecule has 18 aromatic rings. The number of allylic oxidation sites excluding steroid dienone is 1. The second kappa shape index (κ2) is 27.2. The van der Waals surface area contributed by atoms with Gasteiger partial charge in [-0.25, -0.2) is 0 Å². The summed E-state index contributed by atoms with van der Waals surface area (Å²) >= 11 is 1.88. The van der Waals surface area contributed by atoms with Crippen molar-refractivity contribution in [3.63, 3.8) is 0 Å². The van der Waals surface area contributed by atoms with Crippen molar-refractivity contribution in [3.8, 4) is 22.3 Å². The second-order valence-electron chi connectivity index (χ2n) is 26.0. The van der Waals surface area contributed by atoms with Gasteiger partial charge < -0.3 is 0 Å². The van der Waals surface area contributed by atoms with E-state index in [0.29, 0.717) is 0 Å². The van der Waals surface area contributed by atoms with Crippen molar-refractivity contribution in [3.05, 3.63) is 366 Å². The summed E-state index contributed by atoms with van der Waals surface area (Å²) in [6.45, 7) is 17.6. The highest BCUT2D eigenvalue weighted by Gasteiger charge is 2.34. The van der Waals surface area contributed by atoms with Crippen LogP contribution in [0, 0.1) is 34.6 Å². The zero-order valence-corrected chi connectivity index (χ0v) is 56.9. The monoisotopic (exact) mass is 1250 g/mol. The fourth-order valence-electron chi connectivity index (χ4n) is 14.7. The molecule has 0 saturated carbocycles. The second-order valence-corrected chi connectivity index (χ2v) is 27.1. The first kappa shape index (κ1) is 62.5. The van der Waals surface area contributed by atoms with Gasteiger partial charge in [0.05, 0.1) is 0 Å². The standard InChI is InChI=1S/C25H18.C17H12.C16H16.C15H12.C13H10S.C9H10/c1-17-19-11-4-6-14-22(19)25(23-15-7-5-12-20(17)23)24-16-8-10-18-9-2-3-13-21(18)24;1-11-10-14-6-2-4-12-8-9-13-5-3-7-15(11)17(13)16(12)14;1-11-8-9-13-12-6-4-5-7-14(12)16(2,3)15(13)10-11;1-11-10-12-6-2-3-8-14(12)15-9-5-4-7-13(11)15;1-9-6-7-11-10-4-2-3-5-12(10)14-13(11)8-9;1-2-6-9-7-4-3-5-8-9/h2-16H,1H3;2-10H,1H3;4-10H,1-3H3;2-10H,1H3;2-8H,1H3;2-8H,1H3/b;;;;;6-2+. The van der Waals surface area contributed by atoms with E-state index >= 15 is 0 Å². The molecule has 17 aromatic carbocycles. The lowest BCUT2D eigenvalue weighted by atomic mass is 9.82. The molecule has 1 aromatic heterocycles. The Balaban J connectivity index is 0.000000101. The number of fused-ring (bicyclic) bond motifs is 12. The van der Waals surface area contributed by atoms with Crippen molar-refractivity contribution < 1.29 is 0 Å². The number of hydrogen-bond acceptors (Lipinski definition) is 1. The maximum absolute atomic E-state index is 2.33. The molecule has 19 rings (SSSR count). The molecule has 0 radical (unpaired) electrons. The van der Waals surface area contributed by atoms with Crippen LogP contribution in [0.5, 0.6) is 0 Å². The van der Waals surface area contributed by atoms with Crippen LogP contribution in [0.15, 0.2) is 322 Å². The van der Waals surface area contributed by atoms with Gasteiger partial charge in [0.2, 0.25) is 0 Å². The molecule has 0 amide bonds. The highest BCUT2D eigenvalue weighted by molar-refractivity contribution is 7.25. The van der Waals surface area contributed by atoms with E-state index in [1.807, 2.05) is 42.5 Å². The predicted octanol–water partition coefficient (Wildman–Crippen LogP) is 27.7. The third kappa shape index (κ3) is 12.2. The predicted molar refractivity (Wildman–Crippen MR) is 424 cm³/mol. The van der Waals surface area contributed by atoms with Crippen molar-refractivity contribution in [2.45, 2.75) is 60.8 Å². The van der Waals surface area contributed by atoms with Gasteiger partial charge in [-0.1, -0.05) is 335 Å². The Morgan fingerprint density at radius 1 is 0.281 bits per heavy atom. The van der Waals surface area contributed by atoms with Crippen LogP contribution < -0.4 is 0 Å². The van der Waals surface area contributed by atoms with Gasteiger partial charge in [-0.15, -0.1) is 11.3 Å². The quantitative estimate of drug-likeness (QED) is 0.120. The summed E-state index contributed by atoms with van der Waals surface area (Å²) in [4.78, 5) is 0. The molecule has 0 saturated heterocycles. The molecule has 1 aliphatic carbocycles. The molecule has 0 N–H and O–H groups in total. The van der Waals surface area contributed by atoms with Crippen molar-refractivity contribution in [2.24, 2.45) is 0 Å². The zero-order chi connectivity index (χ0) is 65.9. The first-order valence-electron chi connectivity index (χ1n) is 33.6. The van der Waals surface area contributed by atoms with E-state index in [0.717, 1.165) is 0 Å². The summed E-state index contributed by atoms with van der Waals surface area (Å²) in [6, 6.07) is 113. The van der Waals surface area contributed by atoms with Gasteiger partial charge in [0.1, 0.15) is 0 Å². The zero-order valence-electron chi connectivity index (χ0n) is 56.1. The van der Waals surface area contributed by atoms with Gasteiger partial charge in [0, 0.05) is 25.6 Å². The molecular weight excluding hydrogens is 1170 g/mol. The third-order valence-corrected chi connectivity index (χ3v) is 20.5.